The molecule has 2 atom stereocenters. The average molecular weight is 368 g/mol. The number of benzene rings is 1. The van der Waals surface area contributed by atoms with Crippen molar-refractivity contribution < 1.29 is 18.9 Å². The minimum absolute atomic E-state index is 0.276. The highest BCUT2D eigenvalue weighted by molar-refractivity contribution is 5.63. The molecule has 1 aromatic carbocycles. The molecule has 4 nitrogen and oxygen atoms in total. The quantitative estimate of drug-likeness (QED) is 0.665. The van der Waals surface area contributed by atoms with Gasteiger partial charge in [-0.1, -0.05) is 12.2 Å². The second kappa shape index (κ2) is 7.53. The number of epoxide rings is 2. The van der Waals surface area contributed by atoms with Gasteiger partial charge in [0.2, 0.25) is 0 Å². The molecule has 0 aromatic heterocycles. The predicted molar refractivity (Wildman–Crippen MR) is 106 cm³/mol. The first-order valence-electron chi connectivity index (χ1n) is 9.68. The fraction of sp³-hybridized carbons (Fsp3) is 0.478. The Labute approximate surface area is 161 Å². The second-order valence-corrected chi connectivity index (χ2v) is 7.85. The van der Waals surface area contributed by atoms with Gasteiger partial charge in [0.25, 0.3) is 0 Å². The van der Waals surface area contributed by atoms with E-state index >= 15 is 0 Å². The SMILES string of the molecule is CC1=C/C(=C\c2cc(C)c(OCC3CO3)c(C)c2)CC(C)=C1OCC1CO1. The lowest BCUT2D eigenvalue weighted by molar-refractivity contribution is 0.186. The van der Waals surface area contributed by atoms with Crippen molar-refractivity contribution in [2.75, 3.05) is 26.4 Å². The summed E-state index contributed by atoms with van der Waals surface area (Å²) in [4.78, 5) is 0. The van der Waals surface area contributed by atoms with Gasteiger partial charge in [0.1, 0.15) is 36.9 Å². The van der Waals surface area contributed by atoms with Crippen LogP contribution in [0.2, 0.25) is 0 Å². The van der Waals surface area contributed by atoms with E-state index in [1.165, 1.54) is 33.4 Å². The lowest BCUT2D eigenvalue weighted by Crippen LogP contribution is -2.08. The summed E-state index contributed by atoms with van der Waals surface area (Å²) >= 11 is 0. The standard InChI is InChI=1S/C23H28O4/c1-14-5-18(6-15(2)22(14)26-12-20-10-24-20)9-19-7-16(3)23(17(4)8-19)27-13-21-11-25-21/h5-7,9,20-21H,8,10-13H2,1-4H3/b19-9+. The molecule has 0 bridgehead atoms. The molecule has 2 aliphatic heterocycles. The Morgan fingerprint density at radius 1 is 0.963 bits per heavy atom. The van der Waals surface area contributed by atoms with Gasteiger partial charge in [-0.15, -0.1) is 0 Å². The molecule has 0 saturated carbocycles. The largest absolute Gasteiger partial charge is 0.491 e. The van der Waals surface area contributed by atoms with Crippen molar-refractivity contribution in [1.82, 2.24) is 0 Å². The summed E-state index contributed by atoms with van der Waals surface area (Å²) in [6.45, 7) is 11.4. The van der Waals surface area contributed by atoms with Gasteiger partial charge < -0.3 is 18.9 Å². The van der Waals surface area contributed by atoms with E-state index in [0.717, 1.165) is 31.1 Å². The summed E-state index contributed by atoms with van der Waals surface area (Å²) in [7, 11) is 0. The Hall–Kier alpha value is -2.04. The van der Waals surface area contributed by atoms with Crippen LogP contribution in [0, 0.1) is 13.8 Å². The van der Waals surface area contributed by atoms with Crippen LogP contribution in [0.25, 0.3) is 6.08 Å². The molecule has 0 N–H and O–H groups in total. The van der Waals surface area contributed by atoms with Crippen molar-refractivity contribution in [2.24, 2.45) is 0 Å². The molecular weight excluding hydrogens is 340 g/mol. The molecule has 1 aliphatic carbocycles. The Balaban J connectivity index is 1.48. The van der Waals surface area contributed by atoms with E-state index < -0.39 is 0 Å². The number of hydrogen-bond donors (Lipinski definition) is 0. The maximum atomic E-state index is 5.97. The van der Waals surface area contributed by atoms with Gasteiger partial charge in [-0.05, 0) is 79.7 Å². The molecule has 0 amide bonds. The summed E-state index contributed by atoms with van der Waals surface area (Å²) < 4.78 is 22.4. The van der Waals surface area contributed by atoms with Gasteiger partial charge in [0, 0.05) is 0 Å². The number of rotatable bonds is 7. The zero-order valence-corrected chi connectivity index (χ0v) is 16.6. The van der Waals surface area contributed by atoms with Crippen LogP contribution in [0.5, 0.6) is 5.75 Å². The van der Waals surface area contributed by atoms with Crippen LogP contribution in [0.3, 0.4) is 0 Å². The first kappa shape index (κ1) is 18.3. The molecule has 3 aliphatic rings. The second-order valence-electron chi connectivity index (χ2n) is 7.85. The number of hydrogen-bond acceptors (Lipinski definition) is 4. The lowest BCUT2D eigenvalue weighted by Gasteiger charge is -2.20. The van der Waals surface area contributed by atoms with Crippen LogP contribution < -0.4 is 4.74 Å². The molecule has 144 valence electrons. The summed E-state index contributed by atoms with van der Waals surface area (Å²) in [5.41, 5.74) is 7.31. The summed E-state index contributed by atoms with van der Waals surface area (Å²) in [5, 5.41) is 0. The average Bonchev–Trinajstić information content (AvgIpc) is 3.48. The van der Waals surface area contributed by atoms with E-state index in [4.69, 9.17) is 18.9 Å². The molecule has 0 spiro atoms. The van der Waals surface area contributed by atoms with Crippen LogP contribution in [0.15, 0.2) is 40.7 Å². The summed E-state index contributed by atoms with van der Waals surface area (Å²) in [6.07, 6.45) is 5.97. The fourth-order valence-corrected chi connectivity index (χ4v) is 3.64. The molecule has 1 aromatic rings. The normalized spacial score (nSPS) is 25.5. The molecule has 2 unspecified atom stereocenters. The Morgan fingerprint density at radius 3 is 2.11 bits per heavy atom. The van der Waals surface area contributed by atoms with E-state index in [1.807, 2.05) is 0 Å². The highest BCUT2D eigenvalue weighted by atomic mass is 16.6. The maximum absolute atomic E-state index is 5.97. The number of allylic oxidation sites excluding steroid dienone is 4. The molecule has 2 saturated heterocycles. The van der Waals surface area contributed by atoms with E-state index in [2.05, 4.69) is 52.0 Å². The first-order valence-corrected chi connectivity index (χ1v) is 9.68. The third-order valence-corrected chi connectivity index (χ3v) is 5.08. The smallest absolute Gasteiger partial charge is 0.125 e. The molecule has 4 heteroatoms. The van der Waals surface area contributed by atoms with E-state index in [0.29, 0.717) is 13.2 Å². The van der Waals surface area contributed by atoms with E-state index in [9.17, 15) is 0 Å². The Kier molecular flexibility index (Phi) is 5.11. The lowest BCUT2D eigenvalue weighted by atomic mass is 9.93. The fourth-order valence-electron chi connectivity index (χ4n) is 3.64. The summed E-state index contributed by atoms with van der Waals surface area (Å²) in [5.74, 6) is 2.01. The molecular formula is C23H28O4. The minimum Gasteiger partial charge on any atom is -0.491 e. The highest BCUT2D eigenvalue weighted by Crippen LogP contribution is 2.32. The predicted octanol–water partition coefficient (Wildman–Crippen LogP) is 4.50. The monoisotopic (exact) mass is 368 g/mol. The third-order valence-electron chi connectivity index (χ3n) is 5.08. The topological polar surface area (TPSA) is 43.5 Å². The van der Waals surface area contributed by atoms with Crippen molar-refractivity contribution in [1.29, 1.82) is 0 Å². The minimum atomic E-state index is 0.276. The van der Waals surface area contributed by atoms with Gasteiger partial charge in [-0.25, -0.2) is 0 Å². The summed E-state index contributed by atoms with van der Waals surface area (Å²) in [6, 6.07) is 4.39. The van der Waals surface area contributed by atoms with Crippen molar-refractivity contribution in [3.05, 3.63) is 57.4 Å². The molecule has 2 heterocycles. The molecule has 2 fully saturated rings. The van der Waals surface area contributed by atoms with Gasteiger partial charge in [-0.3, -0.25) is 0 Å². The maximum Gasteiger partial charge on any atom is 0.125 e. The first-order chi connectivity index (χ1) is 13.0. The third kappa shape index (κ3) is 4.63. The van der Waals surface area contributed by atoms with Gasteiger partial charge >= 0.3 is 0 Å². The molecule has 0 radical (unpaired) electrons. The number of ether oxygens (including phenoxy) is 4. The Bertz CT molecular complexity index is 800. The zero-order valence-electron chi connectivity index (χ0n) is 16.6. The Morgan fingerprint density at radius 2 is 1.56 bits per heavy atom. The van der Waals surface area contributed by atoms with Crippen molar-refractivity contribution in [3.8, 4) is 5.75 Å². The van der Waals surface area contributed by atoms with E-state index in [-0.39, 0.29) is 12.2 Å². The van der Waals surface area contributed by atoms with Crippen molar-refractivity contribution in [3.63, 3.8) is 0 Å². The molecule has 4 rings (SSSR count). The van der Waals surface area contributed by atoms with Gasteiger partial charge in [0.05, 0.1) is 13.2 Å². The van der Waals surface area contributed by atoms with Gasteiger partial charge in [0.15, 0.2) is 0 Å². The van der Waals surface area contributed by atoms with Crippen LogP contribution in [0.1, 0.15) is 37.0 Å². The van der Waals surface area contributed by atoms with Crippen LogP contribution >= 0.6 is 0 Å². The zero-order chi connectivity index (χ0) is 19.0. The van der Waals surface area contributed by atoms with Crippen LogP contribution in [-0.2, 0) is 14.2 Å². The van der Waals surface area contributed by atoms with E-state index in [1.54, 1.807) is 0 Å². The van der Waals surface area contributed by atoms with Crippen molar-refractivity contribution in [2.45, 2.75) is 46.3 Å². The molecule has 27 heavy (non-hydrogen) atoms. The highest BCUT2D eigenvalue weighted by Gasteiger charge is 2.25. The number of aryl methyl sites for hydroxylation is 2. The van der Waals surface area contributed by atoms with Crippen LogP contribution in [0.4, 0.5) is 0 Å². The van der Waals surface area contributed by atoms with Crippen LogP contribution in [-0.4, -0.2) is 38.6 Å². The van der Waals surface area contributed by atoms with Crippen molar-refractivity contribution >= 4 is 6.08 Å². The van der Waals surface area contributed by atoms with Gasteiger partial charge in [-0.2, -0.15) is 0 Å².